The van der Waals surface area contributed by atoms with Crippen LogP contribution in [0.5, 0.6) is 0 Å². The number of carboxylic acid groups (broad SMARTS) is 1. The summed E-state index contributed by atoms with van der Waals surface area (Å²) >= 11 is 3.51. The largest absolute Gasteiger partial charge is 0.481 e. The first-order valence-electron chi connectivity index (χ1n) is 7.33. The average Bonchev–Trinajstić information content (AvgIpc) is 2.47. The lowest BCUT2D eigenvalue weighted by Crippen LogP contribution is -2.46. The molecule has 1 aliphatic rings. The second kappa shape index (κ2) is 7.74. The summed E-state index contributed by atoms with van der Waals surface area (Å²) in [5, 5.41) is 8.83. The van der Waals surface area contributed by atoms with Crippen molar-refractivity contribution in [3.05, 3.63) is 34.3 Å². The van der Waals surface area contributed by atoms with Gasteiger partial charge in [0.05, 0.1) is 19.1 Å². The molecule has 1 fully saturated rings. The molecule has 0 radical (unpaired) electrons. The summed E-state index contributed by atoms with van der Waals surface area (Å²) in [5.41, 5.74) is 1.10. The van der Waals surface area contributed by atoms with E-state index < -0.39 is 12.1 Å². The quantitative estimate of drug-likeness (QED) is 0.866. The smallest absolute Gasteiger partial charge is 0.306 e. The molecule has 0 saturated carbocycles. The third-order valence-electron chi connectivity index (χ3n) is 3.81. The highest BCUT2D eigenvalue weighted by Crippen LogP contribution is 2.27. The van der Waals surface area contributed by atoms with Crippen molar-refractivity contribution in [1.29, 1.82) is 0 Å². The van der Waals surface area contributed by atoms with Crippen LogP contribution in [0.15, 0.2) is 28.7 Å². The number of nitrogens with zero attached hydrogens (tertiary/aromatic N) is 1. The Kier molecular flexibility index (Phi) is 5.97. The van der Waals surface area contributed by atoms with Gasteiger partial charge in [-0.2, -0.15) is 0 Å². The molecule has 1 aromatic rings. The highest BCUT2D eigenvalue weighted by Gasteiger charge is 2.27. The molecule has 5 nitrogen and oxygen atoms in total. The molecular formula is C16H20BrNO4. The lowest BCUT2D eigenvalue weighted by atomic mass is 9.97. The Balaban J connectivity index is 1.94. The van der Waals surface area contributed by atoms with Crippen molar-refractivity contribution < 1.29 is 19.4 Å². The van der Waals surface area contributed by atoms with Crippen LogP contribution in [-0.4, -0.2) is 47.7 Å². The SMILES string of the molecule is C[C@H](CC(=O)N1CCO[C@H](CC(=O)O)C1)c1ccccc1Br. The lowest BCUT2D eigenvalue weighted by molar-refractivity contribution is -0.147. The Labute approximate surface area is 138 Å². The average molecular weight is 370 g/mol. The molecule has 1 amide bonds. The molecule has 22 heavy (non-hydrogen) atoms. The van der Waals surface area contributed by atoms with E-state index in [1.165, 1.54) is 0 Å². The maximum Gasteiger partial charge on any atom is 0.306 e. The van der Waals surface area contributed by atoms with Crippen molar-refractivity contribution in [3.63, 3.8) is 0 Å². The zero-order valence-electron chi connectivity index (χ0n) is 12.5. The van der Waals surface area contributed by atoms with Crippen molar-refractivity contribution in [2.45, 2.75) is 31.8 Å². The van der Waals surface area contributed by atoms with Crippen molar-refractivity contribution in [2.75, 3.05) is 19.7 Å². The number of amides is 1. The van der Waals surface area contributed by atoms with Gasteiger partial charge in [0.1, 0.15) is 0 Å². The zero-order valence-corrected chi connectivity index (χ0v) is 14.1. The second-order valence-corrected chi connectivity index (χ2v) is 6.41. The van der Waals surface area contributed by atoms with Gasteiger partial charge in [0.25, 0.3) is 0 Å². The summed E-state index contributed by atoms with van der Waals surface area (Å²) < 4.78 is 6.40. The summed E-state index contributed by atoms with van der Waals surface area (Å²) in [6.07, 6.45) is -0.0691. The molecule has 1 aliphatic heterocycles. The van der Waals surface area contributed by atoms with E-state index in [-0.39, 0.29) is 18.2 Å². The first-order chi connectivity index (χ1) is 10.5. The Morgan fingerprint density at radius 2 is 2.18 bits per heavy atom. The van der Waals surface area contributed by atoms with Crippen molar-refractivity contribution >= 4 is 27.8 Å². The maximum absolute atomic E-state index is 12.4. The van der Waals surface area contributed by atoms with Crippen LogP contribution in [0.3, 0.4) is 0 Å². The van der Waals surface area contributed by atoms with Crippen molar-refractivity contribution in [1.82, 2.24) is 4.90 Å². The van der Waals surface area contributed by atoms with Gasteiger partial charge in [0, 0.05) is 24.0 Å². The Hall–Kier alpha value is -1.40. The summed E-state index contributed by atoms with van der Waals surface area (Å²) in [4.78, 5) is 24.9. The fourth-order valence-corrected chi connectivity index (χ4v) is 3.32. The highest BCUT2D eigenvalue weighted by molar-refractivity contribution is 9.10. The number of hydrogen-bond acceptors (Lipinski definition) is 3. The molecule has 0 unspecified atom stereocenters. The first kappa shape index (κ1) is 17.0. The molecule has 1 N–H and O–H groups in total. The number of rotatable bonds is 5. The number of hydrogen-bond donors (Lipinski definition) is 1. The van der Waals surface area contributed by atoms with E-state index >= 15 is 0 Å². The fraction of sp³-hybridized carbons (Fsp3) is 0.500. The van der Waals surface area contributed by atoms with Crippen LogP contribution >= 0.6 is 15.9 Å². The van der Waals surface area contributed by atoms with Gasteiger partial charge in [-0.15, -0.1) is 0 Å². The molecule has 120 valence electrons. The number of carbonyl (C=O) groups excluding carboxylic acids is 1. The number of morpholine rings is 1. The Bertz CT molecular complexity index is 549. The van der Waals surface area contributed by atoms with E-state index in [1.807, 2.05) is 31.2 Å². The van der Waals surface area contributed by atoms with Crippen LogP contribution in [0.25, 0.3) is 0 Å². The molecule has 1 aromatic carbocycles. The summed E-state index contributed by atoms with van der Waals surface area (Å²) in [6.45, 7) is 3.30. The molecule has 0 aliphatic carbocycles. The molecule has 1 heterocycles. The molecule has 2 rings (SSSR count). The predicted molar refractivity (Wildman–Crippen MR) is 85.7 cm³/mol. The standard InChI is InChI=1S/C16H20BrNO4/c1-11(13-4-2-3-5-14(13)17)8-15(19)18-6-7-22-12(10-18)9-16(20)21/h2-5,11-12H,6-10H2,1H3,(H,20,21)/t11-,12-/m1/s1. The van der Waals surface area contributed by atoms with Gasteiger partial charge in [-0.05, 0) is 17.5 Å². The minimum absolute atomic E-state index is 0.0435. The number of carbonyl (C=O) groups is 2. The Morgan fingerprint density at radius 1 is 1.45 bits per heavy atom. The predicted octanol–water partition coefficient (Wildman–Crippen LogP) is 2.64. The van der Waals surface area contributed by atoms with Crippen molar-refractivity contribution in [2.24, 2.45) is 0 Å². The Morgan fingerprint density at radius 3 is 2.86 bits per heavy atom. The normalized spacial score (nSPS) is 19.7. The van der Waals surface area contributed by atoms with Gasteiger partial charge in [0.2, 0.25) is 5.91 Å². The van der Waals surface area contributed by atoms with E-state index in [0.29, 0.717) is 26.1 Å². The number of carboxylic acids is 1. The molecule has 1 saturated heterocycles. The van der Waals surface area contributed by atoms with Crippen LogP contribution in [-0.2, 0) is 14.3 Å². The minimum atomic E-state index is -0.902. The van der Waals surface area contributed by atoms with Gasteiger partial charge in [0.15, 0.2) is 0 Å². The number of benzene rings is 1. The summed E-state index contributed by atoms with van der Waals surface area (Å²) in [5.74, 6) is -0.758. The van der Waals surface area contributed by atoms with Crippen LogP contribution in [0.1, 0.15) is 31.2 Å². The van der Waals surface area contributed by atoms with Gasteiger partial charge in [-0.25, -0.2) is 0 Å². The molecule has 0 bridgehead atoms. The third kappa shape index (κ3) is 4.55. The second-order valence-electron chi connectivity index (χ2n) is 5.56. The van der Waals surface area contributed by atoms with Gasteiger partial charge >= 0.3 is 5.97 Å². The van der Waals surface area contributed by atoms with E-state index in [1.54, 1.807) is 4.90 Å². The van der Waals surface area contributed by atoms with Crippen LogP contribution in [0.2, 0.25) is 0 Å². The number of aliphatic carboxylic acids is 1. The van der Waals surface area contributed by atoms with Gasteiger partial charge in [-0.1, -0.05) is 41.1 Å². The number of ether oxygens (including phenoxy) is 1. The van der Waals surface area contributed by atoms with E-state index in [0.717, 1.165) is 10.0 Å². The van der Waals surface area contributed by atoms with Crippen LogP contribution in [0, 0.1) is 0 Å². The molecule has 0 aromatic heterocycles. The molecule has 2 atom stereocenters. The third-order valence-corrected chi connectivity index (χ3v) is 4.53. The molecule has 0 spiro atoms. The lowest BCUT2D eigenvalue weighted by Gasteiger charge is -2.33. The summed E-state index contributed by atoms with van der Waals surface area (Å²) in [6, 6.07) is 7.88. The fourth-order valence-electron chi connectivity index (χ4n) is 2.64. The minimum Gasteiger partial charge on any atom is -0.481 e. The highest BCUT2D eigenvalue weighted by atomic mass is 79.9. The first-order valence-corrected chi connectivity index (χ1v) is 8.12. The zero-order chi connectivity index (χ0) is 16.1. The molecule has 6 heteroatoms. The van der Waals surface area contributed by atoms with Crippen LogP contribution < -0.4 is 0 Å². The van der Waals surface area contributed by atoms with E-state index in [4.69, 9.17) is 9.84 Å². The van der Waals surface area contributed by atoms with E-state index in [2.05, 4.69) is 15.9 Å². The maximum atomic E-state index is 12.4. The molecular weight excluding hydrogens is 350 g/mol. The van der Waals surface area contributed by atoms with Crippen molar-refractivity contribution in [3.8, 4) is 0 Å². The topological polar surface area (TPSA) is 66.8 Å². The van der Waals surface area contributed by atoms with Crippen LogP contribution in [0.4, 0.5) is 0 Å². The summed E-state index contributed by atoms with van der Waals surface area (Å²) in [7, 11) is 0. The number of halogens is 1. The van der Waals surface area contributed by atoms with E-state index in [9.17, 15) is 9.59 Å². The van der Waals surface area contributed by atoms with Gasteiger partial charge in [-0.3, -0.25) is 9.59 Å². The van der Waals surface area contributed by atoms with Gasteiger partial charge < -0.3 is 14.7 Å². The monoisotopic (exact) mass is 369 g/mol.